The number of aromatic nitrogens is 1. The molecular weight excluding hydrogens is 292 g/mol. The number of morpholine rings is 1. The molecule has 2 aliphatic rings. The van der Waals surface area contributed by atoms with E-state index in [0.717, 1.165) is 30.4 Å². The highest BCUT2D eigenvalue weighted by Gasteiger charge is 2.27. The van der Waals surface area contributed by atoms with Gasteiger partial charge in [0.1, 0.15) is 0 Å². The second kappa shape index (κ2) is 7.27. The molecule has 0 spiro atoms. The maximum Gasteiger partial charge on any atom is 0.322 e. The monoisotopic (exact) mass is 318 g/mol. The molecule has 0 aromatic carbocycles. The van der Waals surface area contributed by atoms with Gasteiger partial charge >= 0.3 is 6.03 Å². The summed E-state index contributed by atoms with van der Waals surface area (Å²) in [4.78, 5) is 20.7. The summed E-state index contributed by atoms with van der Waals surface area (Å²) in [6.07, 6.45) is 4.49. The van der Waals surface area contributed by atoms with Crippen LogP contribution in [0.2, 0.25) is 0 Å². The minimum atomic E-state index is -0.0752. The van der Waals surface area contributed by atoms with Gasteiger partial charge in [0.05, 0.1) is 24.6 Å². The third-order valence-electron chi connectivity index (χ3n) is 4.37. The first-order valence-corrected chi connectivity index (χ1v) is 8.39. The molecule has 2 amide bonds. The predicted molar refractivity (Wildman–Crippen MR) is 89.5 cm³/mol. The van der Waals surface area contributed by atoms with Crippen molar-refractivity contribution in [2.75, 3.05) is 45.2 Å². The van der Waals surface area contributed by atoms with Crippen LogP contribution in [0.1, 0.15) is 18.5 Å². The Bertz CT molecular complexity index is 530. The van der Waals surface area contributed by atoms with Crippen molar-refractivity contribution >= 4 is 11.7 Å². The van der Waals surface area contributed by atoms with E-state index in [2.05, 4.69) is 22.2 Å². The summed E-state index contributed by atoms with van der Waals surface area (Å²) in [5.74, 6) is 0.872. The Balaban J connectivity index is 1.48. The Morgan fingerprint density at radius 1 is 1.43 bits per heavy atom. The van der Waals surface area contributed by atoms with Crippen molar-refractivity contribution in [1.29, 1.82) is 0 Å². The Labute approximate surface area is 137 Å². The number of carbonyl (C=O) groups excluding carboxylic acids is 1. The molecule has 1 saturated heterocycles. The van der Waals surface area contributed by atoms with Gasteiger partial charge in [0.25, 0.3) is 0 Å². The summed E-state index contributed by atoms with van der Waals surface area (Å²) >= 11 is 0. The zero-order valence-electron chi connectivity index (χ0n) is 14.0. The van der Waals surface area contributed by atoms with Crippen LogP contribution in [0.25, 0.3) is 0 Å². The maximum atomic E-state index is 12.4. The van der Waals surface area contributed by atoms with Crippen molar-refractivity contribution in [3.8, 4) is 0 Å². The van der Waals surface area contributed by atoms with Gasteiger partial charge in [-0.3, -0.25) is 4.98 Å². The lowest BCUT2D eigenvalue weighted by Crippen LogP contribution is -2.50. The molecule has 0 unspecified atom stereocenters. The highest BCUT2D eigenvalue weighted by molar-refractivity contribution is 5.89. The molecule has 1 atom stereocenters. The van der Waals surface area contributed by atoms with Crippen LogP contribution >= 0.6 is 0 Å². The second-order valence-corrected chi connectivity index (χ2v) is 6.72. The summed E-state index contributed by atoms with van der Waals surface area (Å²) in [5.41, 5.74) is 1.67. The standard InChI is InChI=1S/C17H26N4O2/c1-13-3-6-15(9-18-13)19-17(22)21-7-8-23-16(12-21)11-20(2)10-14-4-5-14/h3,6,9,14,16H,4-5,7-8,10-12H2,1-2H3,(H,19,22)/t16-/m0/s1. The van der Waals surface area contributed by atoms with Gasteiger partial charge in [-0.1, -0.05) is 0 Å². The molecule has 0 bridgehead atoms. The first-order chi connectivity index (χ1) is 11.1. The number of nitrogens with zero attached hydrogens (tertiary/aromatic N) is 3. The van der Waals surface area contributed by atoms with Crippen LogP contribution in [0.3, 0.4) is 0 Å². The van der Waals surface area contributed by atoms with Crippen LogP contribution < -0.4 is 5.32 Å². The number of urea groups is 1. The average Bonchev–Trinajstić information content (AvgIpc) is 3.33. The molecule has 23 heavy (non-hydrogen) atoms. The van der Waals surface area contributed by atoms with E-state index in [4.69, 9.17) is 4.74 Å². The van der Waals surface area contributed by atoms with Gasteiger partial charge in [0.15, 0.2) is 0 Å². The smallest absolute Gasteiger partial charge is 0.322 e. The number of hydrogen-bond acceptors (Lipinski definition) is 4. The van der Waals surface area contributed by atoms with Crippen LogP contribution in [0.4, 0.5) is 10.5 Å². The number of aryl methyl sites for hydroxylation is 1. The van der Waals surface area contributed by atoms with Crippen LogP contribution in [-0.2, 0) is 4.74 Å². The van der Waals surface area contributed by atoms with Gasteiger partial charge in [-0.25, -0.2) is 4.79 Å². The van der Waals surface area contributed by atoms with Crippen molar-refractivity contribution in [2.24, 2.45) is 5.92 Å². The molecule has 1 aliphatic heterocycles. The van der Waals surface area contributed by atoms with Gasteiger partial charge in [-0.05, 0) is 44.9 Å². The molecule has 1 aliphatic carbocycles. The van der Waals surface area contributed by atoms with Gasteiger partial charge in [-0.2, -0.15) is 0 Å². The normalized spacial score (nSPS) is 21.5. The van der Waals surface area contributed by atoms with Gasteiger partial charge in [0, 0.05) is 31.9 Å². The maximum absolute atomic E-state index is 12.4. The second-order valence-electron chi connectivity index (χ2n) is 6.72. The first-order valence-electron chi connectivity index (χ1n) is 8.39. The quantitative estimate of drug-likeness (QED) is 0.902. The van der Waals surface area contributed by atoms with Crippen molar-refractivity contribution < 1.29 is 9.53 Å². The fourth-order valence-corrected chi connectivity index (χ4v) is 2.92. The summed E-state index contributed by atoms with van der Waals surface area (Å²) in [6, 6.07) is 3.69. The number of likely N-dealkylation sites (N-methyl/N-ethyl adjacent to an activating group) is 1. The van der Waals surface area contributed by atoms with Crippen molar-refractivity contribution in [3.05, 3.63) is 24.0 Å². The number of pyridine rings is 1. The lowest BCUT2D eigenvalue weighted by atomic mass is 10.2. The largest absolute Gasteiger partial charge is 0.373 e. The molecular formula is C17H26N4O2. The van der Waals surface area contributed by atoms with Crippen molar-refractivity contribution in [3.63, 3.8) is 0 Å². The molecule has 126 valence electrons. The minimum Gasteiger partial charge on any atom is -0.373 e. The summed E-state index contributed by atoms with van der Waals surface area (Å²) in [6.45, 7) is 5.82. The molecule has 2 heterocycles. The van der Waals surface area contributed by atoms with Crippen LogP contribution in [-0.4, -0.2) is 66.8 Å². The molecule has 1 saturated carbocycles. The number of anilines is 1. The van der Waals surface area contributed by atoms with Crippen molar-refractivity contribution in [1.82, 2.24) is 14.8 Å². The Kier molecular flexibility index (Phi) is 5.13. The lowest BCUT2D eigenvalue weighted by molar-refractivity contribution is -0.0261. The Morgan fingerprint density at radius 3 is 2.96 bits per heavy atom. The molecule has 0 radical (unpaired) electrons. The van der Waals surface area contributed by atoms with Gasteiger partial charge in [-0.15, -0.1) is 0 Å². The number of rotatable bonds is 5. The number of nitrogens with one attached hydrogen (secondary N) is 1. The van der Waals surface area contributed by atoms with Gasteiger partial charge < -0.3 is 19.9 Å². The average molecular weight is 318 g/mol. The molecule has 3 rings (SSSR count). The summed E-state index contributed by atoms with van der Waals surface area (Å²) in [7, 11) is 2.14. The number of amides is 2. The zero-order chi connectivity index (χ0) is 16.2. The highest BCUT2D eigenvalue weighted by atomic mass is 16.5. The Hall–Kier alpha value is -1.66. The van der Waals surface area contributed by atoms with Crippen LogP contribution in [0.15, 0.2) is 18.3 Å². The number of hydrogen-bond donors (Lipinski definition) is 1. The lowest BCUT2D eigenvalue weighted by Gasteiger charge is -2.34. The van der Waals surface area contributed by atoms with E-state index in [1.807, 2.05) is 24.0 Å². The fourth-order valence-electron chi connectivity index (χ4n) is 2.92. The molecule has 1 aromatic heterocycles. The number of ether oxygens (including phenoxy) is 1. The SMILES string of the molecule is Cc1ccc(NC(=O)N2CCO[C@@H](CN(C)CC3CC3)C2)cn1. The predicted octanol–water partition coefficient (Wildman–Crippen LogP) is 1.96. The van der Waals surface area contributed by atoms with E-state index in [1.54, 1.807) is 6.20 Å². The topological polar surface area (TPSA) is 57.7 Å². The fraction of sp³-hybridized carbons (Fsp3) is 0.647. The minimum absolute atomic E-state index is 0.0752. The summed E-state index contributed by atoms with van der Waals surface area (Å²) < 4.78 is 5.82. The number of carbonyl (C=O) groups is 1. The van der Waals surface area contributed by atoms with E-state index in [-0.39, 0.29) is 12.1 Å². The first kappa shape index (κ1) is 16.2. The van der Waals surface area contributed by atoms with Crippen LogP contribution in [0.5, 0.6) is 0 Å². The molecule has 1 N–H and O–H groups in total. The third kappa shape index (κ3) is 4.91. The van der Waals surface area contributed by atoms with Crippen LogP contribution in [0, 0.1) is 12.8 Å². The third-order valence-corrected chi connectivity index (χ3v) is 4.37. The van der Waals surface area contributed by atoms with E-state index >= 15 is 0 Å². The molecule has 1 aromatic rings. The van der Waals surface area contributed by atoms with E-state index < -0.39 is 0 Å². The van der Waals surface area contributed by atoms with E-state index in [1.165, 1.54) is 12.8 Å². The van der Waals surface area contributed by atoms with E-state index in [9.17, 15) is 4.79 Å². The zero-order valence-corrected chi connectivity index (χ0v) is 14.0. The van der Waals surface area contributed by atoms with E-state index in [0.29, 0.717) is 19.7 Å². The van der Waals surface area contributed by atoms with Gasteiger partial charge in [0.2, 0.25) is 0 Å². The highest BCUT2D eigenvalue weighted by Crippen LogP contribution is 2.29. The summed E-state index contributed by atoms with van der Waals surface area (Å²) in [5, 5.41) is 2.91. The Morgan fingerprint density at radius 2 is 2.26 bits per heavy atom. The molecule has 6 nitrogen and oxygen atoms in total. The van der Waals surface area contributed by atoms with Crippen molar-refractivity contribution in [2.45, 2.75) is 25.9 Å². The molecule has 6 heteroatoms. The molecule has 2 fully saturated rings.